The van der Waals surface area contributed by atoms with Crippen LogP contribution < -0.4 is 0 Å². The fraction of sp³-hybridized carbons (Fsp3) is 0.364. The van der Waals surface area contributed by atoms with Gasteiger partial charge in [0.1, 0.15) is 0 Å². The number of rotatable bonds is 1. The molecule has 1 aliphatic heterocycles. The molecule has 1 atom stereocenters. The summed E-state index contributed by atoms with van der Waals surface area (Å²) in [6.07, 6.45) is 0.321. The molecular formula is C11H10I3NO2. The smallest absolute Gasteiger partial charge is 0.255 e. The molecule has 1 aliphatic rings. The van der Waals surface area contributed by atoms with Crippen LogP contribution >= 0.6 is 67.8 Å². The number of β-amino-alcohol motifs (C(OH)–C–C–N with tert-alkyl or cyclic N) is 1. The summed E-state index contributed by atoms with van der Waals surface area (Å²) in [5.74, 6) is 0.0300. The lowest BCUT2D eigenvalue weighted by Gasteiger charge is -2.17. The number of aliphatic hydroxyl groups is 1. The number of hydrogen-bond acceptors (Lipinski definition) is 2. The van der Waals surface area contributed by atoms with Crippen molar-refractivity contribution in [3.05, 3.63) is 28.4 Å². The second-order valence-corrected chi connectivity index (χ2v) is 7.43. The summed E-state index contributed by atoms with van der Waals surface area (Å²) in [5.41, 5.74) is 0.746. The summed E-state index contributed by atoms with van der Waals surface area (Å²) in [6.45, 7) is 1.11. The maximum Gasteiger partial charge on any atom is 0.255 e. The van der Waals surface area contributed by atoms with Crippen LogP contribution in [0.4, 0.5) is 0 Å². The van der Waals surface area contributed by atoms with Gasteiger partial charge in [-0.2, -0.15) is 0 Å². The minimum Gasteiger partial charge on any atom is -0.391 e. The zero-order chi connectivity index (χ0) is 12.6. The summed E-state index contributed by atoms with van der Waals surface area (Å²) in [5, 5.41) is 9.48. The molecule has 3 nitrogen and oxygen atoms in total. The van der Waals surface area contributed by atoms with Crippen LogP contribution in [0, 0.1) is 10.7 Å². The van der Waals surface area contributed by atoms with Crippen LogP contribution in [-0.4, -0.2) is 35.1 Å². The predicted octanol–water partition coefficient (Wildman–Crippen LogP) is 2.71. The molecule has 0 aliphatic carbocycles. The molecular weight excluding hydrogens is 559 g/mol. The van der Waals surface area contributed by atoms with E-state index in [4.69, 9.17) is 0 Å². The Morgan fingerprint density at radius 1 is 1.35 bits per heavy atom. The second kappa shape index (κ2) is 5.87. The van der Waals surface area contributed by atoms with Crippen molar-refractivity contribution in [3.63, 3.8) is 0 Å². The third-order valence-corrected chi connectivity index (χ3v) is 6.34. The van der Waals surface area contributed by atoms with Gasteiger partial charge in [-0.05, 0) is 86.3 Å². The van der Waals surface area contributed by atoms with Crippen LogP contribution in [0.3, 0.4) is 0 Å². The highest BCUT2D eigenvalue weighted by molar-refractivity contribution is 14.1. The Hall–Kier alpha value is 0.840. The normalized spacial score (nSPS) is 19.8. The molecule has 1 heterocycles. The molecule has 0 saturated carbocycles. The number of carbonyl (C=O) groups excluding carboxylic acids is 1. The number of carbonyl (C=O) groups is 1. The third kappa shape index (κ3) is 3.24. The summed E-state index contributed by atoms with van der Waals surface area (Å²) >= 11 is 6.67. The first-order chi connectivity index (χ1) is 7.99. The molecule has 1 saturated heterocycles. The lowest BCUT2D eigenvalue weighted by molar-refractivity contribution is 0.0764. The number of likely N-dealkylation sites (tertiary alicyclic amines) is 1. The quantitative estimate of drug-likeness (QED) is 0.418. The Morgan fingerprint density at radius 3 is 2.65 bits per heavy atom. The van der Waals surface area contributed by atoms with Crippen molar-refractivity contribution < 1.29 is 9.90 Å². The van der Waals surface area contributed by atoms with E-state index in [-0.39, 0.29) is 12.0 Å². The molecule has 1 N–H and O–H groups in total. The fourth-order valence-electron chi connectivity index (χ4n) is 1.81. The lowest BCUT2D eigenvalue weighted by Crippen LogP contribution is -2.30. The minimum absolute atomic E-state index is 0.0300. The average molecular weight is 569 g/mol. The van der Waals surface area contributed by atoms with Crippen molar-refractivity contribution in [2.45, 2.75) is 12.5 Å². The average Bonchev–Trinajstić information content (AvgIpc) is 2.69. The first kappa shape index (κ1) is 14.3. The van der Waals surface area contributed by atoms with Gasteiger partial charge in [-0.3, -0.25) is 4.79 Å². The van der Waals surface area contributed by atoms with Crippen molar-refractivity contribution >= 4 is 73.7 Å². The van der Waals surface area contributed by atoms with Gasteiger partial charge in [-0.1, -0.05) is 0 Å². The summed E-state index contributed by atoms with van der Waals surface area (Å²) in [4.78, 5) is 14.1. The number of nitrogens with zero attached hydrogens (tertiary/aromatic N) is 1. The van der Waals surface area contributed by atoms with Gasteiger partial charge < -0.3 is 10.0 Å². The van der Waals surface area contributed by atoms with Crippen molar-refractivity contribution in [1.82, 2.24) is 4.90 Å². The lowest BCUT2D eigenvalue weighted by atomic mass is 10.2. The molecule has 92 valence electrons. The van der Waals surface area contributed by atoms with E-state index < -0.39 is 0 Å². The Balaban J connectivity index is 2.31. The van der Waals surface area contributed by atoms with Gasteiger partial charge in [-0.25, -0.2) is 0 Å². The van der Waals surface area contributed by atoms with E-state index in [1.807, 2.05) is 6.07 Å². The van der Waals surface area contributed by atoms with Crippen LogP contribution in [0.25, 0.3) is 0 Å². The van der Waals surface area contributed by atoms with E-state index >= 15 is 0 Å². The first-order valence-corrected chi connectivity index (χ1v) is 8.34. The van der Waals surface area contributed by atoms with Gasteiger partial charge in [0.2, 0.25) is 0 Å². The van der Waals surface area contributed by atoms with E-state index in [0.717, 1.165) is 16.3 Å². The summed E-state index contributed by atoms with van der Waals surface area (Å²) in [6, 6.07) is 3.97. The van der Waals surface area contributed by atoms with Gasteiger partial charge in [0.05, 0.1) is 11.7 Å². The second-order valence-electron chi connectivity index (χ2n) is 3.94. The van der Waals surface area contributed by atoms with E-state index in [1.165, 1.54) is 0 Å². The van der Waals surface area contributed by atoms with Crippen molar-refractivity contribution in [2.75, 3.05) is 13.1 Å². The molecule has 0 radical (unpaired) electrons. The van der Waals surface area contributed by atoms with Gasteiger partial charge in [0.25, 0.3) is 5.91 Å². The molecule has 0 bridgehead atoms. The van der Waals surface area contributed by atoms with Gasteiger partial charge in [-0.15, -0.1) is 0 Å². The molecule has 1 fully saturated rings. The van der Waals surface area contributed by atoms with Gasteiger partial charge in [0, 0.05) is 23.8 Å². The molecule has 17 heavy (non-hydrogen) atoms. The molecule has 0 spiro atoms. The van der Waals surface area contributed by atoms with Gasteiger partial charge >= 0.3 is 0 Å². The molecule has 1 aromatic rings. The predicted molar refractivity (Wildman–Crippen MR) is 91.1 cm³/mol. The highest BCUT2D eigenvalue weighted by atomic mass is 127. The molecule has 6 heteroatoms. The number of halogens is 3. The SMILES string of the molecule is O=C(c1cc(I)cc(I)c1I)N1CC[C@H](O)C1. The highest BCUT2D eigenvalue weighted by Gasteiger charge is 2.27. The molecule has 1 aromatic carbocycles. The zero-order valence-electron chi connectivity index (χ0n) is 8.79. The minimum atomic E-state index is -0.363. The van der Waals surface area contributed by atoms with Crippen LogP contribution in [-0.2, 0) is 0 Å². The standard InChI is InChI=1S/C11H10I3NO2/c12-6-3-8(10(14)9(13)4-6)11(17)15-2-1-7(16)5-15/h3-4,7,16H,1-2,5H2/t7-/m0/s1. The van der Waals surface area contributed by atoms with Crippen LogP contribution in [0.15, 0.2) is 12.1 Å². The Kier molecular flexibility index (Phi) is 4.92. The van der Waals surface area contributed by atoms with Crippen LogP contribution in [0.2, 0.25) is 0 Å². The number of benzene rings is 1. The Bertz CT molecular complexity index is 464. The van der Waals surface area contributed by atoms with Crippen LogP contribution in [0.1, 0.15) is 16.8 Å². The van der Waals surface area contributed by atoms with Crippen molar-refractivity contribution in [1.29, 1.82) is 0 Å². The van der Waals surface area contributed by atoms with E-state index in [9.17, 15) is 9.90 Å². The maximum absolute atomic E-state index is 12.3. The van der Waals surface area contributed by atoms with Crippen molar-refractivity contribution in [3.8, 4) is 0 Å². The number of hydrogen-bond donors (Lipinski definition) is 1. The zero-order valence-corrected chi connectivity index (χ0v) is 15.3. The number of aliphatic hydroxyl groups excluding tert-OH is 1. The molecule has 2 rings (SSSR count). The monoisotopic (exact) mass is 569 g/mol. The first-order valence-electron chi connectivity index (χ1n) is 5.11. The molecule has 0 unspecified atom stereocenters. The summed E-state index contributed by atoms with van der Waals surface area (Å²) in [7, 11) is 0. The maximum atomic E-state index is 12.3. The Morgan fingerprint density at radius 2 is 2.06 bits per heavy atom. The fourth-order valence-corrected chi connectivity index (χ4v) is 4.20. The Labute approximate surface area is 141 Å². The van der Waals surface area contributed by atoms with Gasteiger partial charge in [0.15, 0.2) is 0 Å². The number of amides is 1. The largest absolute Gasteiger partial charge is 0.391 e. The highest BCUT2D eigenvalue weighted by Crippen LogP contribution is 2.25. The van der Waals surface area contributed by atoms with Crippen molar-refractivity contribution in [2.24, 2.45) is 0 Å². The van der Waals surface area contributed by atoms with E-state index in [0.29, 0.717) is 19.5 Å². The van der Waals surface area contributed by atoms with Crippen LogP contribution in [0.5, 0.6) is 0 Å². The molecule has 0 aromatic heterocycles. The summed E-state index contributed by atoms with van der Waals surface area (Å²) < 4.78 is 3.16. The third-order valence-electron chi connectivity index (χ3n) is 2.67. The van der Waals surface area contributed by atoms with E-state index in [2.05, 4.69) is 73.8 Å². The van der Waals surface area contributed by atoms with E-state index in [1.54, 1.807) is 4.90 Å². The molecule has 1 amide bonds. The topological polar surface area (TPSA) is 40.5 Å².